The second-order valence-corrected chi connectivity index (χ2v) is 4.07. The molecule has 0 aromatic carbocycles. The second kappa shape index (κ2) is 2.19. The first-order valence-electron chi connectivity index (χ1n) is 4.71. The SMILES string of the molecule is O=C1C2C=CC1C1C(=O)C=CCC21. The van der Waals surface area contributed by atoms with Gasteiger partial charge in [-0.15, -0.1) is 0 Å². The zero-order valence-corrected chi connectivity index (χ0v) is 7.14. The first kappa shape index (κ1) is 7.25. The largest absolute Gasteiger partial charge is 0.298 e. The van der Waals surface area contributed by atoms with Crippen LogP contribution in [0.25, 0.3) is 0 Å². The summed E-state index contributed by atoms with van der Waals surface area (Å²) in [5, 5.41) is 0. The molecule has 4 atom stereocenters. The van der Waals surface area contributed by atoms with E-state index in [1.54, 1.807) is 6.08 Å². The Morgan fingerprint density at radius 2 is 1.92 bits per heavy atom. The van der Waals surface area contributed by atoms with Gasteiger partial charge >= 0.3 is 0 Å². The van der Waals surface area contributed by atoms with Crippen molar-refractivity contribution >= 4 is 11.6 Å². The quantitative estimate of drug-likeness (QED) is 0.516. The molecule has 2 nitrogen and oxygen atoms in total. The number of rotatable bonds is 0. The Bertz CT molecular complexity index is 351. The fourth-order valence-electron chi connectivity index (χ4n) is 2.93. The number of carbonyl (C=O) groups is 2. The molecule has 0 aliphatic heterocycles. The summed E-state index contributed by atoms with van der Waals surface area (Å²) in [5.74, 6) is 0.636. The number of allylic oxidation sites excluding steroid dienone is 4. The molecule has 0 spiro atoms. The summed E-state index contributed by atoms with van der Waals surface area (Å²) in [6.07, 6.45) is 8.35. The third-order valence-electron chi connectivity index (χ3n) is 3.51. The molecule has 1 fully saturated rings. The van der Waals surface area contributed by atoms with Crippen molar-refractivity contribution in [2.75, 3.05) is 0 Å². The molecule has 3 aliphatic carbocycles. The van der Waals surface area contributed by atoms with Gasteiger partial charge in [-0.25, -0.2) is 0 Å². The topological polar surface area (TPSA) is 34.1 Å². The highest BCUT2D eigenvalue weighted by Crippen LogP contribution is 2.48. The third kappa shape index (κ3) is 0.736. The van der Waals surface area contributed by atoms with Gasteiger partial charge in [-0.05, 0) is 18.4 Å². The van der Waals surface area contributed by atoms with E-state index in [1.807, 2.05) is 18.2 Å². The first-order valence-corrected chi connectivity index (χ1v) is 4.71. The highest BCUT2D eigenvalue weighted by atomic mass is 16.1. The Morgan fingerprint density at radius 1 is 1.15 bits per heavy atom. The van der Waals surface area contributed by atoms with Gasteiger partial charge in [0.15, 0.2) is 5.78 Å². The second-order valence-electron chi connectivity index (χ2n) is 4.07. The zero-order valence-electron chi connectivity index (χ0n) is 7.14. The predicted octanol–water partition coefficient (Wildman–Crippen LogP) is 1.13. The lowest BCUT2D eigenvalue weighted by Crippen LogP contribution is -2.28. The summed E-state index contributed by atoms with van der Waals surface area (Å²) in [6.45, 7) is 0. The van der Waals surface area contributed by atoms with Gasteiger partial charge in [-0.2, -0.15) is 0 Å². The van der Waals surface area contributed by atoms with Crippen molar-refractivity contribution in [3.63, 3.8) is 0 Å². The van der Waals surface area contributed by atoms with E-state index < -0.39 is 0 Å². The maximum Gasteiger partial charge on any atom is 0.159 e. The van der Waals surface area contributed by atoms with E-state index in [0.29, 0.717) is 0 Å². The van der Waals surface area contributed by atoms with Crippen molar-refractivity contribution in [1.82, 2.24) is 0 Å². The average Bonchev–Trinajstić information content (AvgIpc) is 2.61. The molecule has 0 radical (unpaired) electrons. The molecule has 66 valence electrons. The van der Waals surface area contributed by atoms with Crippen LogP contribution in [0.15, 0.2) is 24.3 Å². The molecule has 0 heterocycles. The Hall–Kier alpha value is -1.18. The molecule has 3 aliphatic rings. The number of carbonyl (C=O) groups excluding carboxylic acids is 2. The van der Waals surface area contributed by atoms with Gasteiger partial charge in [-0.1, -0.05) is 18.2 Å². The van der Waals surface area contributed by atoms with Crippen LogP contribution in [0, 0.1) is 23.7 Å². The molecule has 1 saturated carbocycles. The van der Waals surface area contributed by atoms with Gasteiger partial charge in [-0.3, -0.25) is 9.59 Å². The van der Waals surface area contributed by atoms with Crippen LogP contribution in [0.1, 0.15) is 6.42 Å². The summed E-state index contributed by atoms with van der Waals surface area (Å²) in [4.78, 5) is 23.2. The van der Waals surface area contributed by atoms with Crippen LogP contribution in [-0.4, -0.2) is 11.6 Å². The number of fused-ring (bicyclic) bond motifs is 5. The Morgan fingerprint density at radius 3 is 2.69 bits per heavy atom. The minimum Gasteiger partial charge on any atom is -0.298 e. The maximum absolute atomic E-state index is 11.6. The van der Waals surface area contributed by atoms with Gasteiger partial charge < -0.3 is 0 Å². The Labute approximate surface area is 76.3 Å². The maximum atomic E-state index is 11.6. The van der Waals surface area contributed by atoms with Gasteiger partial charge in [0.1, 0.15) is 5.78 Å². The molecule has 3 rings (SSSR count). The van der Waals surface area contributed by atoms with Crippen LogP contribution >= 0.6 is 0 Å². The molecule has 2 bridgehead atoms. The molecule has 4 unspecified atom stereocenters. The highest BCUT2D eigenvalue weighted by molar-refractivity contribution is 6.03. The molecule has 0 aromatic heterocycles. The lowest BCUT2D eigenvalue weighted by atomic mass is 9.76. The van der Waals surface area contributed by atoms with E-state index >= 15 is 0 Å². The highest BCUT2D eigenvalue weighted by Gasteiger charge is 2.53. The Balaban J connectivity index is 2.08. The smallest absolute Gasteiger partial charge is 0.159 e. The van der Waals surface area contributed by atoms with Crippen LogP contribution in [0.3, 0.4) is 0 Å². The van der Waals surface area contributed by atoms with E-state index in [1.165, 1.54) is 0 Å². The minimum absolute atomic E-state index is 0.0208. The lowest BCUT2D eigenvalue weighted by molar-refractivity contribution is -0.124. The fourth-order valence-corrected chi connectivity index (χ4v) is 2.93. The molecular formula is C11H10O2. The van der Waals surface area contributed by atoms with Crippen molar-refractivity contribution in [1.29, 1.82) is 0 Å². The number of hydrogen-bond acceptors (Lipinski definition) is 2. The van der Waals surface area contributed by atoms with Crippen molar-refractivity contribution in [2.45, 2.75) is 6.42 Å². The summed E-state index contributed by atoms with van der Waals surface area (Å²) < 4.78 is 0. The molecular weight excluding hydrogens is 164 g/mol. The molecule has 0 aromatic rings. The van der Waals surface area contributed by atoms with Gasteiger partial charge in [0, 0.05) is 17.8 Å². The van der Waals surface area contributed by atoms with E-state index in [0.717, 1.165) is 6.42 Å². The fraction of sp³-hybridized carbons (Fsp3) is 0.455. The van der Waals surface area contributed by atoms with Crippen LogP contribution in [0.5, 0.6) is 0 Å². The summed E-state index contributed by atoms with van der Waals surface area (Å²) in [6, 6.07) is 0. The third-order valence-corrected chi connectivity index (χ3v) is 3.51. The van der Waals surface area contributed by atoms with E-state index in [2.05, 4.69) is 0 Å². The van der Waals surface area contributed by atoms with E-state index in [9.17, 15) is 9.59 Å². The molecule has 2 heteroatoms. The molecule has 0 amide bonds. The number of Topliss-reactive ketones (excluding diaryl/α,β-unsaturated/α-hetero) is 1. The van der Waals surface area contributed by atoms with Gasteiger partial charge in [0.2, 0.25) is 0 Å². The van der Waals surface area contributed by atoms with Crippen molar-refractivity contribution in [3.8, 4) is 0 Å². The molecule has 0 N–H and O–H groups in total. The Kier molecular flexibility index (Phi) is 1.22. The van der Waals surface area contributed by atoms with Crippen molar-refractivity contribution in [3.05, 3.63) is 24.3 Å². The number of hydrogen-bond donors (Lipinski definition) is 0. The van der Waals surface area contributed by atoms with Crippen LogP contribution in [-0.2, 0) is 9.59 Å². The molecule has 13 heavy (non-hydrogen) atoms. The lowest BCUT2D eigenvalue weighted by Gasteiger charge is -2.26. The monoisotopic (exact) mass is 174 g/mol. The summed E-state index contributed by atoms with van der Waals surface area (Å²) >= 11 is 0. The van der Waals surface area contributed by atoms with Gasteiger partial charge in [0.25, 0.3) is 0 Å². The van der Waals surface area contributed by atoms with Crippen LogP contribution in [0.2, 0.25) is 0 Å². The first-order chi connectivity index (χ1) is 6.29. The van der Waals surface area contributed by atoms with Crippen molar-refractivity contribution < 1.29 is 9.59 Å². The van der Waals surface area contributed by atoms with Gasteiger partial charge in [0.05, 0.1) is 0 Å². The minimum atomic E-state index is -0.0903. The predicted molar refractivity (Wildman–Crippen MR) is 46.9 cm³/mol. The van der Waals surface area contributed by atoms with Crippen LogP contribution < -0.4 is 0 Å². The normalized spacial score (nSPS) is 45.8. The average molecular weight is 174 g/mol. The van der Waals surface area contributed by atoms with Crippen molar-refractivity contribution in [2.24, 2.45) is 23.7 Å². The zero-order chi connectivity index (χ0) is 9.00. The van der Waals surface area contributed by atoms with E-state index in [4.69, 9.17) is 0 Å². The van der Waals surface area contributed by atoms with E-state index in [-0.39, 0.29) is 35.2 Å². The summed E-state index contributed by atoms with van der Waals surface area (Å²) in [5.41, 5.74) is 0. The standard InChI is InChI=1S/C11H10O2/c12-9-3-1-2-6-7-4-5-8(10(6)9)11(7)13/h1,3-8,10H,2H2. The number of ketones is 2. The summed E-state index contributed by atoms with van der Waals surface area (Å²) in [7, 11) is 0. The molecule has 0 saturated heterocycles. The van der Waals surface area contributed by atoms with Crippen LogP contribution in [0.4, 0.5) is 0 Å².